The van der Waals surface area contributed by atoms with Gasteiger partial charge in [0, 0.05) is 5.56 Å². The van der Waals surface area contributed by atoms with E-state index in [4.69, 9.17) is 4.74 Å². The second-order valence-corrected chi connectivity index (χ2v) is 4.26. The first-order chi connectivity index (χ1) is 8.38. The zero-order chi connectivity index (χ0) is 11.7. The van der Waals surface area contributed by atoms with Gasteiger partial charge < -0.3 is 9.84 Å². The molecule has 0 atom stereocenters. The van der Waals surface area contributed by atoms with Gasteiger partial charge in [-0.3, -0.25) is 0 Å². The van der Waals surface area contributed by atoms with Crippen molar-refractivity contribution in [2.24, 2.45) is 0 Å². The van der Waals surface area contributed by atoms with Gasteiger partial charge in [0.1, 0.15) is 11.5 Å². The lowest BCUT2D eigenvalue weighted by Gasteiger charge is -2.10. The van der Waals surface area contributed by atoms with Crippen LogP contribution in [-0.4, -0.2) is 5.11 Å². The van der Waals surface area contributed by atoms with E-state index in [1.54, 1.807) is 0 Å². The highest BCUT2D eigenvalue weighted by molar-refractivity contribution is 5.47. The fourth-order valence-electron chi connectivity index (χ4n) is 2.33. The lowest BCUT2D eigenvalue weighted by atomic mass is 10.0. The fraction of sp³-hybridized carbons (Fsp3) is 0.200. The quantitative estimate of drug-likeness (QED) is 0.809. The van der Waals surface area contributed by atoms with Crippen molar-refractivity contribution in [3.05, 3.63) is 59.2 Å². The minimum atomic E-state index is 0.0723. The van der Waals surface area contributed by atoms with Crippen LogP contribution in [0.3, 0.4) is 0 Å². The van der Waals surface area contributed by atoms with Crippen LogP contribution in [0.4, 0.5) is 0 Å². The summed E-state index contributed by atoms with van der Waals surface area (Å²) in [5, 5.41) is 9.35. The second-order valence-electron chi connectivity index (χ2n) is 4.26. The molecule has 0 aromatic heterocycles. The number of fused-ring (bicyclic) bond motifs is 2. The van der Waals surface area contributed by atoms with Crippen LogP contribution in [0, 0.1) is 0 Å². The van der Waals surface area contributed by atoms with Crippen molar-refractivity contribution in [2.45, 2.75) is 19.4 Å². The number of aliphatic hydroxyl groups excluding tert-OH is 1. The van der Waals surface area contributed by atoms with Gasteiger partial charge in [-0.05, 0) is 36.1 Å². The first-order valence-corrected chi connectivity index (χ1v) is 5.86. The second kappa shape index (κ2) is 4.22. The van der Waals surface area contributed by atoms with Crippen molar-refractivity contribution < 1.29 is 9.84 Å². The average Bonchev–Trinajstić information content (AvgIpc) is 2.57. The van der Waals surface area contributed by atoms with Crippen LogP contribution >= 0.6 is 0 Å². The van der Waals surface area contributed by atoms with E-state index in [-0.39, 0.29) is 6.61 Å². The largest absolute Gasteiger partial charge is 0.457 e. The Balaban J connectivity index is 2.09. The Morgan fingerprint density at radius 2 is 1.76 bits per heavy atom. The first-order valence-electron chi connectivity index (χ1n) is 5.86. The topological polar surface area (TPSA) is 29.5 Å². The standard InChI is InChI=1S/C15H14O2/c16-10-12-5-3-7-15-13(12)9-8-11-4-1-2-6-14(11)17-15/h1-7,16H,8-10H2. The highest BCUT2D eigenvalue weighted by Crippen LogP contribution is 2.34. The highest BCUT2D eigenvalue weighted by atomic mass is 16.5. The summed E-state index contributed by atoms with van der Waals surface area (Å²) >= 11 is 0. The predicted molar refractivity (Wildman–Crippen MR) is 66.3 cm³/mol. The van der Waals surface area contributed by atoms with Crippen molar-refractivity contribution in [2.75, 3.05) is 0 Å². The Morgan fingerprint density at radius 1 is 0.941 bits per heavy atom. The fourth-order valence-corrected chi connectivity index (χ4v) is 2.33. The maximum absolute atomic E-state index is 9.35. The van der Waals surface area contributed by atoms with E-state index in [9.17, 15) is 5.11 Å². The van der Waals surface area contributed by atoms with Gasteiger partial charge >= 0.3 is 0 Å². The van der Waals surface area contributed by atoms with Crippen molar-refractivity contribution in [3.63, 3.8) is 0 Å². The van der Waals surface area contributed by atoms with Crippen molar-refractivity contribution in [1.82, 2.24) is 0 Å². The molecule has 3 rings (SSSR count). The molecule has 0 unspecified atom stereocenters. The molecule has 2 nitrogen and oxygen atoms in total. The molecular weight excluding hydrogens is 212 g/mol. The molecule has 86 valence electrons. The Morgan fingerprint density at radius 3 is 2.65 bits per heavy atom. The molecule has 1 aliphatic heterocycles. The third-order valence-electron chi connectivity index (χ3n) is 3.24. The van der Waals surface area contributed by atoms with Crippen molar-refractivity contribution in [3.8, 4) is 11.5 Å². The molecule has 0 radical (unpaired) electrons. The van der Waals surface area contributed by atoms with Crippen LogP contribution < -0.4 is 4.74 Å². The Labute approximate surface area is 100 Å². The van der Waals surface area contributed by atoms with Gasteiger partial charge in [0.25, 0.3) is 0 Å². The van der Waals surface area contributed by atoms with E-state index in [0.717, 1.165) is 35.5 Å². The van der Waals surface area contributed by atoms with E-state index in [1.165, 1.54) is 5.56 Å². The van der Waals surface area contributed by atoms with E-state index in [0.29, 0.717) is 0 Å². The summed E-state index contributed by atoms with van der Waals surface area (Å²) in [5.41, 5.74) is 3.33. The minimum absolute atomic E-state index is 0.0723. The number of para-hydroxylation sites is 1. The summed E-state index contributed by atoms with van der Waals surface area (Å²) < 4.78 is 5.93. The molecule has 2 aromatic rings. The van der Waals surface area contributed by atoms with Crippen LogP contribution in [0.15, 0.2) is 42.5 Å². The summed E-state index contributed by atoms with van der Waals surface area (Å²) in [6.45, 7) is 0.0723. The molecular formula is C15H14O2. The summed E-state index contributed by atoms with van der Waals surface area (Å²) in [5.74, 6) is 1.81. The summed E-state index contributed by atoms with van der Waals surface area (Å²) in [7, 11) is 0. The summed E-state index contributed by atoms with van der Waals surface area (Å²) in [4.78, 5) is 0. The zero-order valence-corrected chi connectivity index (χ0v) is 9.52. The number of aliphatic hydroxyl groups is 1. The third kappa shape index (κ3) is 1.81. The number of hydrogen-bond donors (Lipinski definition) is 1. The predicted octanol–water partition coefficient (Wildman–Crippen LogP) is 3.07. The number of ether oxygens (including phenoxy) is 1. The average molecular weight is 226 g/mol. The number of benzene rings is 2. The van der Waals surface area contributed by atoms with Gasteiger partial charge in [0.2, 0.25) is 0 Å². The lowest BCUT2D eigenvalue weighted by Crippen LogP contribution is -1.96. The van der Waals surface area contributed by atoms with Crippen LogP contribution in [0.5, 0.6) is 11.5 Å². The Bertz CT molecular complexity index is 546. The maximum atomic E-state index is 9.35. The van der Waals surface area contributed by atoms with Gasteiger partial charge in [0.15, 0.2) is 0 Å². The van der Waals surface area contributed by atoms with Crippen molar-refractivity contribution >= 4 is 0 Å². The van der Waals surface area contributed by atoms with Crippen molar-refractivity contribution in [1.29, 1.82) is 0 Å². The maximum Gasteiger partial charge on any atom is 0.131 e. The van der Waals surface area contributed by atoms with Crippen LogP contribution in [0.25, 0.3) is 0 Å². The van der Waals surface area contributed by atoms with Crippen LogP contribution in [-0.2, 0) is 19.4 Å². The number of aryl methyl sites for hydroxylation is 1. The van der Waals surface area contributed by atoms with E-state index >= 15 is 0 Å². The number of rotatable bonds is 1. The Kier molecular flexibility index (Phi) is 2.57. The molecule has 0 saturated heterocycles. The summed E-state index contributed by atoms with van der Waals surface area (Å²) in [6, 6.07) is 14.0. The van der Waals surface area contributed by atoms with E-state index in [1.807, 2.05) is 36.4 Å². The van der Waals surface area contributed by atoms with Gasteiger partial charge in [-0.25, -0.2) is 0 Å². The monoisotopic (exact) mass is 226 g/mol. The molecule has 0 bridgehead atoms. The summed E-state index contributed by atoms with van der Waals surface area (Å²) in [6.07, 6.45) is 1.88. The molecule has 2 aromatic carbocycles. The first kappa shape index (κ1) is 10.4. The van der Waals surface area contributed by atoms with Crippen LogP contribution in [0.2, 0.25) is 0 Å². The van der Waals surface area contributed by atoms with Gasteiger partial charge in [-0.15, -0.1) is 0 Å². The van der Waals surface area contributed by atoms with E-state index < -0.39 is 0 Å². The van der Waals surface area contributed by atoms with Crippen LogP contribution in [0.1, 0.15) is 16.7 Å². The third-order valence-corrected chi connectivity index (χ3v) is 3.24. The van der Waals surface area contributed by atoms with Gasteiger partial charge in [-0.1, -0.05) is 30.3 Å². The smallest absolute Gasteiger partial charge is 0.131 e. The Hall–Kier alpha value is -1.80. The van der Waals surface area contributed by atoms with E-state index in [2.05, 4.69) is 6.07 Å². The molecule has 0 aliphatic carbocycles. The molecule has 2 heteroatoms. The normalized spacial score (nSPS) is 13.2. The van der Waals surface area contributed by atoms with Gasteiger partial charge in [0.05, 0.1) is 6.61 Å². The molecule has 0 amide bonds. The molecule has 1 aliphatic rings. The minimum Gasteiger partial charge on any atom is -0.457 e. The molecule has 0 saturated carbocycles. The molecule has 1 N–H and O–H groups in total. The molecule has 1 heterocycles. The highest BCUT2D eigenvalue weighted by Gasteiger charge is 2.16. The zero-order valence-electron chi connectivity index (χ0n) is 9.52. The molecule has 0 spiro atoms. The molecule has 17 heavy (non-hydrogen) atoms. The SMILES string of the molecule is OCc1cccc2c1CCc1ccccc1O2. The van der Waals surface area contributed by atoms with Gasteiger partial charge in [-0.2, -0.15) is 0 Å². The number of hydrogen-bond acceptors (Lipinski definition) is 2. The molecule has 0 fully saturated rings. The lowest BCUT2D eigenvalue weighted by molar-refractivity contribution is 0.280.